The van der Waals surface area contributed by atoms with Crippen LogP contribution in [-0.4, -0.2) is 34.2 Å². The fourth-order valence-corrected chi connectivity index (χ4v) is 2.27. The van der Waals surface area contributed by atoms with E-state index in [1.54, 1.807) is 0 Å². The topological polar surface area (TPSA) is 86.6 Å². The van der Waals surface area contributed by atoms with Crippen LogP contribution in [0, 0.1) is 5.92 Å². The Bertz CT molecular complexity index is 472. The number of hydrogen-bond acceptors (Lipinski definition) is 3. The Kier molecular flexibility index (Phi) is 6.37. The highest BCUT2D eigenvalue weighted by Gasteiger charge is 2.31. The Labute approximate surface area is 125 Å². The Morgan fingerprint density at radius 3 is 2.19 bits per heavy atom. The number of carbonyl (C=O) groups excluding carboxylic acids is 1. The van der Waals surface area contributed by atoms with Crippen molar-refractivity contribution in [2.24, 2.45) is 5.92 Å². The summed E-state index contributed by atoms with van der Waals surface area (Å²) in [5.41, 5.74) is 0.846. The van der Waals surface area contributed by atoms with Gasteiger partial charge in [-0.25, -0.2) is 4.79 Å². The molecule has 0 aliphatic carbocycles. The Morgan fingerprint density at radius 1 is 1.19 bits per heavy atom. The second-order valence-corrected chi connectivity index (χ2v) is 5.34. The monoisotopic (exact) mass is 293 g/mol. The van der Waals surface area contributed by atoms with Crippen molar-refractivity contribution < 1.29 is 19.8 Å². The van der Waals surface area contributed by atoms with Crippen molar-refractivity contribution in [3.8, 4) is 0 Å². The zero-order chi connectivity index (χ0) is 16.0. The molecule has 0 saturated heterocycles. The molecule has 116 valence electrons. The average molecular weight is 293 g/mol. The van der Waals surface area contributed by atoms with Crippen molar-refractivity contribution in [3.63, 3.8) is 0 Å². The molecule has 1 amide bonds. The number of aliphatic hydroxyl groups excluding tert-OH is 1. The van der Waals surface area contributed by atoms with Crippen molar-refractivity contribution in [2.45, 2.75) is 45.3 Å². The average Bonchev–Trinajstić information content (AvgIpc) is 2.45. The summed E-state index contributed by atoms with van der Waals surface area (Å²) >= 11 is 0. The minimum atomic E-state index is -1.30. The number of amides is 1. The van der Waals surface area contributed by atoms with E-state index in [2.05, 4.69) is 5.32 Å². The molecule has 0 aromatic heterocycles. The third-order valence-electron chi connectivity index (χ3n) is 3.70. The van der Waals surface area contributed by atoms with Gasteiger partial charge in [-0.3, -0.25) is 4.79 Å². The zero-order valence-corrected chi connectivity index (χ0v) is 12.6. The summed E-state index contributed by atoms with van der Waals surface area (Å²) in [6, 6.07) is 7.98. The lowest BCUT2D eigenvalue weighted by Gasteiger charge is -2.25. The van der Waals surface area contributed by atoms with E-state index in [0.717, 1.165) is 12.0 Å². The summed E-state index contributed by atoms with van der Waals surface area (Å²) in [5.74, 6) is -1.98. The number of aliphatic hydroxyl groups is 1. The van der Waals surface area contributed by atoms with E-state index in [0.29, 0.717) is 0 Å². The number of carbonyl (C=O) groups is 2. The Hall–Kier alpha value is -1.88. The predicted molar refractivity (Wildman–Crippen MR) is 79.9 cm³/mol. The first-order valence-electron chi connectivity index (χ1n) is 7.14. The lowest BCUT2D eigenvalue weighted by Crippen LogP contribution is -2.49. The number of nitrogens with one attached hydrogen (secondary N) is 1. The van der Waals surface area contributed by atoms with Crippen molar-refractivity contribution >= 4 is 11.9 Å². The molecule has 0 heterocycles. The third-order valence-corrected chi connectivity index (χ3v) is 3.70. The molecule has 0 spiro atoms. The molecule has 0 fully saturated rings. The lowest BCUT2D eigenvalue weighted by atomic mass is 9.84. The van der Waals surface area contributed by atoms with Gasteiger partial charge in [-0.05, 0) is 18.4 Å². The first-order chi connectivity index (χ1) is 9.88. The maximum absolute atomic E-state index is 12.5. The van der Waals surface area contributed by atoms with Gasteiger partial charge >= 0.3 is 5.97 Å². The van der Waals surface area contributed by atoms with Gasteiger partial charge in [0.2, 0.25) is 5.91 Å². The molecule has 2 unspecified atom stereocenters. The van der Waals surface area contributed by atoms with Crippen molar-refractivity contribution in [3.05, 3.63) is 35.9 Å². The molecule has 5 heteroatoms. The van der Waals surface area contributed by atoms with Crippen LogP contribution in [0.5, 0.6) is 0 Å². The van der Waals surface area contributed by atoms with Gasteiger partial charge in [-0.1, -0.05) is 50.6 Å². The van der Waals surface area contributed by atoms with Gasteiger partial charge in [0, 0.05) is 0 Å². The van der Waals surface area contributed by atoms with E-state index in [9.17, 15) is 14.7 Å². The van der Waals surface area contributed by atoms with Crippen molar-refractivity contribution in [1.29, 1.82) is 0 Å². The summed E-state index contributed by atoms with van der Waals surface area (Å²) in [6.07, 6.45) is -0.362. The van der Waals surface area contributed by atoms with Crippen LogP contribution in [0.25, 0.3) is 0 Å². The molecule has 4 atom stereocenters. The zero-order valence-electron chi connectivity index (χ0n) is 12.6. The minimum Gasteiger partial charge on any atom is -0.480 e. The maximum atomic E-state index is 12.5. The van der Waals surface area contributed by atoms with Crippen LogP contribution in [0.3, 0.4) is 0 Å². The van der Waals surface area contributed by atoms with Gasteiger partial charge < -0.3 is 15.5 Å². The van der Waals surface area contributed by atoms with Gasteiger partial charge in [-0.15, -0.1) is 0 Å². The van der Waals surface area contributed by atoms with E-state index in [-0.39, 0.29) is 11.8 Å². The summed E-state index contributed by atoms with van der Waals surface area (Å²) < 4.78 is 0. The smallest absolute Gasteiger partial charge is 0.328 e. The highest BCUT2D eigenvalue weighted by Crippen LogP contribution is 2.27. The molecule has 1 aromatic carbocycles. The Morgan fingerprint density at radius 2 is 1.76 bits per heavy atom. The first kappa shape index (κ1) is 17.2. The second-order valence-electron chi connectivity index (χ2n) is 5.34. The quantitative estimate of drug-likeness (QED) is 0.715. The van der Waals surface area contributed by atoms with Gasteiger partial charge in [0.1, 0.15) is 0 Å². The number of hydrogen-bond donors (Lipinski definition) is 3. The van der Waals surface area contributed by atoms with E-state index in [4.69, 9.17) is 5.11 Å². The molecule has 0 radical (unpaired) electrons. The molecule has 5 nitrogen and oxygen atoms in total. The molecule has 3 N–H and O–H groups in total. The molecular weight excluding hydrogens is 270 g/mol. The number of aliphatic carboxylic acids is 1. The number of carboxylic acids is 1. The number of rotatable bonds is 7. The number of carboxylic acid groups (broad SMARTS) is 1. The van der Waals surface area contributed by atoms with Crippen LogP contribution >= 0.6 is 0 Å². The van der Waals surface area contributed by atoms with Gasteiger partial charge in [0.25, 0.3) is 0 Å². The van der Waals surface area contributed by atoms with Crippen LogP contribution in [0.2, 0.25) is 0 Å². The fourth-order valence-electron chi connectivity index (χ4n) is 2.27. The molecule has 21 heavy (non-hydrogen) atoms. The second kappa shape index (κ2) is 7.78. The fraction of sp³-hybridized carbons (Fsp3) is 0.500. The standard InChI is InChI=1S/C16H23NO4/c1-4-10(2)13(12-8-6-5-7-9-12)15(19)17-14(11(3)18)16(20)21/h5-11,13-14,18H,4H2,1-3H3,(H,17,19)(H,20,21)/t10?,11-,13?,14+/m1/s1. The predicted octanol–water partition coefficient (Wildman–Crippen LogP) is 1.77. The lowest BCUT2D eigenvalue weighted by molar-refractivity contribution is -0.145. The van der Waals surface area contributed by atoms with Crippen LogP contribution in [0.4, 0.5) is 0 Å². The minimum absolute atomic E-state index is 0.0656. The Balaban J connectivity index is 2.99. The van der Waals surface area contributed by atoms with Gasteiger partial charge in [-0.2, -0.15) is 0 Å². The molecule has 1 rings (SSSR count). The molecule has 0 aliphatic rings. The summed E-state index contributed by atoms with van der Waals surface area (Å²) in [7, 11) is 0. The maximum Gasteiger partial charge on any atom is 0.328 e. The molecule has 0 bridgehead atoms. The molecular formula is C16H23NO4. The van der Waals surface area contributed by atoms with E-state index in [1.165, 1.54) is 6.92 Å². The van der Waals surface area contributed by atoms with Crippen molar-refractivity contribution in [1.82, 2.24) is 5.32 Å². The first-order valence-corrected chi connectivity index (χ1v) is 7.14. The summed E-state index contributed by atoms with van der Waals surface area (Å²) in [4.78, 5) is 23.6. The van der Waals surface area contributed by atoms with E-state index < -0.39 is 24.0 Å². The molecule has 0 aliphatic heterocycles. The molecule has 1 aromatic rings. The highest BCUT2D eigenvalue weighted by atomic mass is 16.4. The summed E-state index contributed by atoms with van der Waals surface area (Å²) in [6.45, 7) is 5.28. The van der Waals surface area contributed by atoms with Crippen LogP contribution in [-0.2, 0) is 9.59 Å². The van der Waals surface area contributed by atoms with Crippen LogP contribution < -0.4 is 5.32 Å². The van der Waals surface area contributed by atoms with Gasteiger partial charge in [0.15, 0.2) is 6.04 Å². The van der Waals surface area contributed by atoms with Crippen LogP contribution in [0.1, 0.15) is 38.7 Å². The van der Waals surface area contributed by atoms with E-state index >= 15 is 0 Å². The normalized spacial score (nSPS) is 16.6. The largest absolute Gasteiger partial charge is 0.480 e. The van der Waals surface area contributed by atoms with E-state index in [1.807, 2.05) is 44.2 Å². The molecule has 0 saturated carbocycles. The van der Waals surface area contributed by atoms with Crippen molar-refractivity contribution in [2.75, 3.05) is 0 Å². The SMILES string of the molecule is CCC(C)C(C(=O)N[C@H](C(=O)O)[C@@H](C)O)c1ccccc1. The third kappa shape index (κ3) is 4.56. The van der Waals surface area contributed by atoms with Gasteiger partial charge in [0.05, 0.1) is 12.0 Å². The number of benzene rings is 1. The highest BCUT2D eigenvalue weighted by molar-refractivity contribution is 5.88. The summed E-state index contributed by atoms with van der Waals surface area (Å²) in [5, 5.41) is 21.0. The van der Waals surface area contributed by atoms with Crippen LogP contribution in [0.15, 0.2) is 30.3 Å².